The lowest BCUT2D eigenvalue weighted by molar-refractivity contribution is 0.319. The van der Waals surface area contributed by atoms with E-state index < -0.39 is 0 Å². The Labute approximate surface area is 93.3 Å². The minimum Gasteiger partial charge on any atom is -0.507 e. The molecule has 0 bridgehead atoms. The van der Waals surface area contributed by atoms with Gasteiger partial charge in [0.15, 0.2) is 0 Å². The number of phenols is 1. The van der Waals surface area contributed by atoms with Crippen LogP contribution in [0, 0.1) is 0 Å². The van der Waals surface area contributed by atoms with Crippen LogP contribution in [0.3, 0.4) is 0 Å². The van der Waals surface area contributed by atoms with Gasteiger partial charge in [0, 0.05) is 11.1 Å². The maximum atomic E-state index is 9.68. The van der Waals surface area contributed by atoms with Crippen LogP contribution in [-0.4, -0.2) is 16.0 Å². The normalized spacial score (nSPS) is 11.4. The molecule has 0 fully saturated rings. The summed E-state index contributed by atoms with van der Waals surface area (Å²) >= 11 is 0. The molecule has 0 amide bonds. The molecule has 16 heavy (non-hydrogen) atoms. The van der Waals surface area contributed by atoms with Crippen molar-refractivity contribution >= 4 is 5.71 Å². The van der Waals surface area contributed by atoms with Gasteiger partial charge in [-0.25, -0.2) is 0 Å². The third kappa shape index (κ3) is 1.88. The first-order chi connectivity index (χ1) is 7.83. The second-order valence-electron chi connectivity index (χ2n) is 3.33. The van der Waals surface area contributed by atoms with Gasteiger partial charge in [0.05, 0.1) is 0 Å². The fourth-order valence-electron chi connectivity index (χ4n) is 1.54. The number of hydrogen-bond donors (Lipinski definition) is 2. The average molecular weight is 213 g/mol. The van der Waals surface area contributed by atoms with E-state index in [1.54, 1.807) is 24.3 Å². The first kappa shape index (κ1) is 10.2. The molecule has 0 aliphatic rings. The lowest BCUT2D eigenvalue weighted by Gasteiger charge is -2.06. The van der Waals surface area contributed by atoms with Gasteiger partial charge in [0.2, 0.25) is 0 Å². The molecule has 0 aliphatic heterocycles. The Bertz CT molecular complexity index is 506. The molecular weight excluding hydrogens is 202 g/mol. The molecule has 3 heteroatoms. The minimum absolute atomic E-state index is 0.0964. The first-order valence-corrected chi connectivity index (χ1v) is 4.89. The van der Waals surface area contributed by atoms with Gasteiger partial charge in [0.25, 0.3) is 0 Å². The topological polar surface area (TPSA) is 52.8 Å². The molecule has 0 saturated heterocycles. The van der Waals surface area contributed by atoms with E-state index in [4.69, 9.17) is 5.21 Å². The summed E-state index contributed by atoms with van der Waals surface area (Å²) in [4.78, 5) is 0. The summed E-state index contributed by atoms with van der Waals surface area (Å²) in [7, 11) is 0. The Morgan fingerprint density at radius 2 is 1.50 bits per heavy atom. The van der Waals surface area contributed by atoms with E-state index >= 15 is 0 Å². The molecule has 0 radical (unpaired) electrons. The van der Waals surface area contributed by atoms with Crippen LogP contribution in [0.5, 0.6) is 5.75 Å². The summed E-state index contributed by atoms with van der Waals surface area (Å²) in [6.45, 7) is 0. The van der Waals surface area contributed by atoms with Gasteiger partial charge in [-0.05, 0) is 12.1 Å². The van der Waals surface area contributed by atoms with E-state index in [0.717, 1.165) is 5.56 Å². The maximum Gasteiger partial charge on any atom is 0.125 e. The van der Waals surface area contributed by atoms with Gasteiger partial charge in [-0.2, -0.15) is 0 Å². The number of aromatic hydroxyl groups is 1. The Hall–Kier alpha value is -2.29. The van der Waals surface area contributed by atoms with Crippen molar-refractivity contribution in [2.75, 3.05) is 0 Å². The molecule has 0 aliphatic carbocycles. The van der Waals surface area contributed by atoms with Crippen LogP contribution in [0.1, 0.15) is 11.1 Å². The quantitative estimate of drug-likeness (QED) is 0.457. The van der Waals surface area contributed by atoms with Crippen LogP contribution in [0.4, 0.5) is 0 Å². The highest BCUT2D eigenvalue weighted by Gasteiger charge is 2.10. The van der Waals surface area contributed by atoms with Gasteiger partial charge in [-0.1, -0.05) is 47.6 Å². The van der Waals surface area contributed by atoms with Crippen molar-refractivity contribution in [2.24, 2.45) is 5.16 Å². The maximum absolute atomic E-state index is 9.68. The summed E-state index contributed by atoms with van der Waals surface area (Å²) in [6.07, 6.45) is 0. The van der Waals surface area contributed by atoms with E-state index in [0.29, 0.717) is 11.3 Å². The molecular formula is C13H11NO2. The SMILES string of the molecule is O/N=C(\c1ccccc1)c1ccccc1O. The molecule has 80 valence electrons. The lowest BCUT2D eigenvalue weighted by Crippen LogP contribution is -2.03. The van der Waals surface area contributed by atoms with Crippen LogP contribution in [0.2, 0.25) is 0 Å². The molecule has 2 aromatic rings. The van der Waals surface area contributed by atoms with Crippen LogP contribution in [0.25, 0.3) is 0 Å². The van der Waals surface area contributed by atoms with Crippen molar-refractivity contribution in [1.29, 1.82) is 0 Å². The van der Waals surface area contributed by atoms with Crippen molar-refractivity contribution in [3.63, 3.8) is 0 Å². The molecule has 0 aromatic heterocycles. The zero-order valence-electron chi connectivity index (χ0n) is 8.54. The van der Waals surface area contributed by atoms with Crippen LogP contribution in [-0.2, 0) is 0 Å². The van der Waals surface area contributed by atoms with Gasteiger partial charge >= 0.3 is 0 Å². The van der Waals surface area contributed by atoms with Crippen LogP contribution >= 0.6 is 0 Å². The van der Waals surface area contributed by atoms with E-state index in [1.165, 1.54) is 0 Å². The Balaban J connectivity index is 2.51. The van der Waals surface area contributed by atoms with Crippen molar-refractivity contribution in [3.05, 3.63) is 65.7 Å². The van der Waals surface area contributed by atoms with E-state index in [-0.39, 0.29) is 5.75 Å². The fraction of sp³-hybridized carbons (Fsp3) is 0. The molecule has 0 unspecified atom stereocenters. The van der Waals surface area contributed by atoms with E-state index in [1.807, 2.05) is 30.3 Å². The molecule has 2 aromatic carbocycles. The number of hydrogen-bond acceptors (Lipinski definition) is 3. The second kappa shape index (κ2) is 4.49. The van der Waals surface area contributed by atoms with Gasteiger partial charge in [0.1, 0.15) is 11.5 Å². The fourth-order valence-corrected chi connectivity index (χ4v) is 1.54. The van der Waals surface area contributed by atoms with Crippen molar-refractivity contribution in [3.8, 4) is 5.75 Å². The minimum atomic E-state index is 0.0964. The number of phenolic OH excluding ortho intramolecular Hbond substituents is 1. The molecule has 0 spiro atoms. The summed E-state index contributed by atoms with van der Waals surface area (Å²) in [6, 6.07) is 16.0. The molecule has 0 saturated carbocycles. The molecule has 2 N–H and O–H groups in total. The Kier molecular flexibility index (Phi) is 2.87. The summed E-state index contributed by atoms with van der Waals surface area (Å²) < 4.78 is 0. The van der Waals surface area contributed by atoms with Crippen LogP contribution < -0.4 is 0 Å². The summed E-state index contributed by atoms with van der Waals surface area (Å²) in [5.74, 6) is 0.0964. The number of oxime groups is 1. The summed E-state index contributed by atoms with van der Waals surface area (Å²) in [5.41, 5.74) is 1.63. The highest BCUT2D eigenvalue weighted by atomic mass is 16.4. The van der Waals surface area contributed by atoms with Gasteiger partial charge in [-0.15, -0.1) is 0 Å². The smallest absolute Gasteiger partial charge is 0.125 e. The Morgan fingerprint density at radius 3 is 2.12 bits per heavy atom. The predicted molar refractivity (Wildman–Crippen MR) is 62.0 cm³/mol. The highest BCUT2D eigenvalue weighted by Crippen LogP contribution is 2.20. The monoisotopic (exact) mass is 213 g/mol. The van der Waals surface area contributed by atoms with Crippen molar-refractivity contribution < 1.29 is 10.3 Å². The average Bonchev–Trinajstić information content (AvgIpc) is 2.34. The number of nitrogens with zero attached hydrogens (tertiary/aromatic N) is 1. The molecule has 0 heterocycles. The van der Waals surface area contributed by atoms with E-state index in [2.05, 4.69) is 5.16 Å². The van der Waals surface area contributed by atoms with Crippen molar-refractivity contribution in [1.82, 2.24) is 0 Å². The Morgan fingerprint density at radius 1 is 0.875 bits per heavy atom. The number of rotatable bonds is 2. The van der Waals surface area contributed by atoms with Gasteiger partial charge in [-0.3, -0.25) is 0 Å². The van der Waals surface area contributed by atoms with Crippen LogP contribution in [0.15, 0.2) is 59.8 Å². The molecule has 2 rings (SSSR count). The highest BCUT2D eigenvalue weighted by molar-refractivity contribution is 6.14. The standard InChI is InChI=1S/C13H11NO2/c15-12-9-5-4-8-11(12)13(14-16)10-6-2-1-3-7-10/h1-9,15-16H/b14-13+. The summed E-state index contributed by atoms with van der Waals surface area (Å²) in [5, 5.41) is 22.0. The largest absolute Gasteiger partial charge is 0.507 e. The third-order valence-electron chi connectivity index (χ3n) is 2.31. The predicted octanol–water partition coefficient (Wildman–Crippen LogP) is 2.62. The van der Waals surface area contributed by atoms with E-state index in [9.17, 15) is 5.11 Å². The number of para-hydroxylation sites is 1. The lowest BCUT2D eigenvalue weighted by atomic mass is 10.0. The molecule has 3 nitrogen and oxygen atoms in total. The second-order valence-corrected chi connectivity index (χ2v) is 3.33. The number of benzene rings is 2. The molecule has 0 atom stereocenters. The van der Waals surface area contributed by atoms with Crippen molar-refractivity contribution in [2.45, 2.75) is 0 Å². The zero-order valence-corrected chi connectivity index (χ0v) is 8.54. The van der Waals surface area contributed by atoms with Gasteiger partial charge < -0.3 is 10.3 Å². The zero-order chi connectivity index (χ0) is 11.4. The third-order valence-corrected chi connectivity index (χ3v) is 2.31. The first-order valence-electron chi connectivity index (χ1n) is 4.89.